The fourth-order valence-corrected chi connectivity index (χ4v) is 1.60. The topological polar surface area (TPSA) is 32.3 Å². The molecule has 1 atom stereocenters. The molecule has 0 bridgehead atoms. The van der Waals surface area contributed by atoms with Crippen molar-refractivity contribution in [3.05, 3.63) is 28.2 Å². The van der Waals surface area contributed by atoms with Crippen molar-refractivity contribution in [2.75, 3.05) is 11.9 Å². The summed E-state index contributed by atoms with van der Waals surface area (Å²) in [4.78, 5) is 0. The van der Waals surface area contributed by atoms with Crippen molar-refractivity contribution in [3.8, 4) is 0 Å². The molecule has 1 aromatic rings. The van der Waals surface area contributed by atoms with Crippen LogP contribution in [0.5, 0.6) is 0 Å². The van der Waals surface area contributed by atoms with E-state index in [1.807, 2.05) is 0 Å². The number of anilines is 1. The van der Waals surface area contributed by atoms with E-state index in [1.165, 1.54) is 6.07 Å². The first kappa shape index (κ1) is 14.3. The molecule has 1 unspecified atom stereocenters. The summed E-state index contributed by atoms with van der Waals surface area (Å²) in [7, 11) is 0. The van der Waals surface area contributed by atoms with Gasteiger partial charge in [-0.05, 0) is 40.5 Å². The van der Waals surface area contributed by atoms with Gasteiger partial charge in [-0.1, -0.05) is 6.92 Å². The lowest BCUT2D eigenvalue weighted by Crippen LogP contribution is -2.18. The first-order valence-corrected chi connectivity index (χ1v) is 5.92. The second kappa shape index (κ2) is 5.73. The Bertz CT molecular complexity index is 381. The monoisotopic (exact) mass is 311 g/mol. The molecule has 2 nitrogen and oxygen atoms in total. The van der Waals surface area contributed by atoms with E-state index < -0.39 is 17.8 Å². The Morgan fingerprint density at radius 2 is 2.06 bits per heavy atom. The summed E-state index contributed by atoms with van der Waals surface area (Å²) < 4.78 is 38.0. The third-order valence-electron chi connectivity index (χ3n) is 2.29. The van der Waals surface area contributed by atoms with Gasteiger partial charge in [0.2, 0.25) is 0 Å². The SMILES string of the molecule is CCC(O)CNc1cc(C(F)(F)F)ccc1Br. The lowest BCUT2D eigenvalue weighted by Gasteiger charge is -2.14. The molecular formula is C11H13BrF3NO. The molecule has 0 aromatic heterocycles. The number of hydrogen-bond donors (Lipinski definition) is 2. The molecule has 0 spiro atoms. The fourth-order valence-electron chi connectivity index (χ4n) is 1.21. The lowest BCUT2D eigenvalue weighted by molar-refractivity contribution is -0.137. The minimum atomic E-state index is -4.36. The molecule has 0 amide bonds. The number of alkyl halides is 3. The van der Waals surface area contributed by atoms with E-state index in [2.05, 4.69) is 21.2 Å². The van der Waals surface area contributed by atoms with E-state index in [4.69, 9.17) is 0 Å². The summed E-state index contributed by atoms with van der Waals surface area (Å²) in [5, 5.41) is 12.1. The average molecular weight is 312 g/mol. The molecule has 1 rings (SSSR count). The van der Waals surface area contributed by atoms with Gasteiger partial charge in [-0.15, -0.1) is 0 Å². The molecule has 0 fully saturated rings. The van der Waals surface area contributed by atoms with E-state index in [0.29, 0.717) is 16.6 Å². The smallest absolute Gasteiger partial charge is 0.391 e. The van der Waals surface area contributed by atoms with Gasteiger partial charge in [0.25, 0.3) is 0 Å². The standard InChI is InChI=1S/C11H13BrF3NO/c1-2-8(17)6-16-10-5-7(11(13,14)15)3-4-9(10)12/h3-5,8,16-17H,2,6H2,1H3. The number of rotatable bonds is 4. The highest BCUT2D eigenvalue weighted by Gasteiger charge is 2.30. The van der Waals surface area contributed by atoms with Gasteiger partial charge in [-0.25, -0.2) is 0 Å². The minimum Gasteiger partial charge on any atom is -0.391 e. The van der Waals surface area contributed by atoms with E-state index in [-0.39, 0.29) is 6.54 Å². The number of nitrogens with one attached hydrogen (secondary N) is 1. The van der Waals surface area contributed by atoms with Crippen LogP contribution in [0.1, 0.15) is 18.9 Å². The molecule has 0 aliphatic rings. The Balaban J connectivity index is 2.84. The predicted molar refractivity (Wildman–Crippen MR) is 63.9 cm³/mol. The molecule has 0 saturated heterocycles. The van der Waals surface area contributed by atoms with Gasteiger partial charge in [0.05, 0.1) is 11.7 Å². The number of benzene rings is 1. The molecule has 2 N–H and O–H groups in total. The van der Waals surface area contributed by atoms with Crippen LogP contribution in [0.2, 0.25) is 0 Å². The van der Waals surface area contributed by atoms with Gasteiger partial charge in [0.1, 0.15) is 0 Å². The third kappa shape index (κ3) is 4.20. The molecule has 0 aliphatic carbocycles. The molecule has 17 heavy (non-hydrogen) atoms. The van der Waals surface area contributed by atoms with Gasteiger partial charge in [0.15, 0.2) is 0 Å². The quantitative estimate of drug-likeness (QED) is 0.889. The maximum absolute atomic E-state index is 12.5. The molecule has 1 aromatic carbocycles. The maximum atomic E-state index is 12.5. The first-order chi connectivity index (χ1) is 7.84. The second-order valence-corrected chi connectivity index (χ2v) is 4.49. The predicted octanol–water partition coefficient (Wildman–Crippen LogP) is 3.65. The van der Waals surface area contributed by atoms with E-state index >= 15 is 0 Å². The highest BCUT2D eigenvalue weighted by atomic mass is 79.9. The van der Waals surface area contributed by atoms with Gasteiger partial charge in [-0.2, -0.15) is 13.2 Å². The zero-order valence-corrected chi connectivity index (χ0v) is 10.8. The van der Waals surface area contributed by atoms with Crippen LogP contribution in [-0.4, -0.2) is 17.8 Å². The summed E-state index contributed by atoms with van der Waals surface area (Å²) in [5.74, 6) is 0. The Hall–Kier alpha value is -0.750. The normalized spacial score (nSPS) is 13.5. The third-order valence-corrected chi connectivity index (χ3v) is 2.98. The van der Waals surface area contributed by atoms with Crippen molar-refractivity contribution in [2.24, 2.45) is 0 Å². The van der Waals surface area contributed by atoms with Crippen LogP contribution in [0, 0.1) is 0 Å². The molecule has 0 aliphatic heterocycles. The first-order valence-electron chi connectivity index (χ1n) is 5.13. The van der Waals surface area contributed by atoms with Crippen molar-refractivity contribution < 1.29 is 18.3 Å². The zero-order chi connectivity index (χ0) is 13.1. The molecular weight excluding hydrogens is 299 g/mol. The van der Waals surface area contributed by atoms with Crippen LogP contribution in [0.4, 0.5) is 18.9 Å². The van der Waals surface area contributed by atoms with Crippen LogP contribution in [-0.2, 0) is 6.18 Å². The van der Waals surface area contributed by atoms with E-state index in [1.54, 1.807) is 6.92 Å². The molecule has 96 valence electrons. The van der Waals surface area contributed by atoms with Gasteiger partial charge < -0.3 is 10.4 Å². The minimum absolute atomic E-state index is 0.219. The Morgan fingerprint density at radius 1 is 1.41 bits per heavy atom. The zero-order valence-electron chi connectivity index (χ0n) is 9.18. The number of hydrogen-bond acceptors (Lipinski definition) is 2. The number of halogens is 4. The molecule has 0 heterocycles. The van der Waals surface area contributed by atoms with Crippen LogP contribution in [0.3, 0.4) is 0 Å². The van der Waals surface area contributed by atoms with Crippen LogP contribution in [0.25, 0.3) is 0 Å². The van der Waals surface area contributed by atoms with Crippen molar-refractivity contribution >= 4 is 21.6 Å². The van der Waals surface area contributed by atoms with Crippen LogP contribution >= 0.6 is 15.9 Å². The highest BCUT2D eigenvalue weighted by Crippen LogP contribution is 2.33. The van der Waals surface area contributed by atoms with E-state index in [9.17, 15) is 18.3 Å². The van der Waals surface area contributed by atoms with Crippen LogP contribution in [0.15, 0.2) is 22.7 Å². The summed E-state index contributed by atoms with van der Waals surface area (Å²) >= 11 is 3.16. The summed E-state index contributed by atoms with van der Waals surface area (Å²) in [5.41, 5.74) is -0.387. The van der Waals surface area contributed by atoms with Crippen LogP contribution < -0.4 is 5.32 Å². The Kier molecular flexibility index (Phi) is 4.82. The van der Waals surface area contributed by atoms with Gasteiger partial charge in [0, 0.05) is 16.7 Å². The lowest BCUT2D eigenvalue weighted by atomic mass is 10.2. The molecule has 6 heteroatoms. The summed E-state index contributed by atoms with van der Waals surface area (Å²) in [6.07, 6.45) is -4.39. The van der Waals surface area contributed by atoms with Gasteiger partial charge in [-0.3, -0.25) is 0 Å². The van der Waals surface area contributed by atoms with Crippen molar-refractivity contribution in [3.63, 3.8) is 0 Å². The molecule has 0 radical (unpaired) electrons. The second-order valence-electron chi connectivity index (χ2n) is 3.64. The van der Waals surface area contributed by atoms with Crippen molar-refractivity contribution in [1.82, 2.24) is 0 Å². The number of aliphatic hydroxyl groups is 1. The average Bonchev–Trinajstić information content (AvgIpc) is 2.26. The maximum Gasteiger partial charge on any atom is 0.416 e. The Labute approximate surface area is 106 Å². The highest BCUT2D eigenvalue weighted by molar-refractivity contribution is 9.10. The fraction of sp³-hybridized carbons (Fsp3) is 0.455. The van der Waals surface area contributed by atoms with Crippen molar-refractivity contribution in [1.29, 1.82) is 0 Å². The molecule has 0 saturated carbocycles. The largest absolute Gasteiger partial charge is 0.416 e. The van der Waals surface area contributed by atoms with E-state index in [0.717, 1.165) is 12.1 Å². The van der Waals surface area contributed by atoms with Crippen molar-refractivity contribution in [2.45, 2.75) is 25.6 Å². The summed E-state index contributed by atoms with van der Waals surface area (Å²) in [6, 6.07) is 3.36. The summed E-state index contributed by atoms with van der Waals surface area (Å²) in [6.45, 7) is 2.02. The van der Waals surface area contributed by atoms with Gasteiger partial charge >= 0.3 is 6.18 Å². The Morgan fingerprint density at radius 3 is 2.59 bits per heavy atom. The number of aliphatic hydroxyl groups excluding tert-OH is 1.